The standard InChI is InChI=1S/C31H33F4N7O4/c1-3-46-24(43)12-13-37-19-8-4-16(5-9-19)28-39-27(36)25-26(41-42-29(25)40-28)17-6-11-22(23(14-17)45-2)38-30(44)20-10-7-18(15-21(20)32)31(33,34)35/h6-7,10-11,14-16,19,37H,3-5,8-9,12-13H2,1-2H3,(H,38,44)(H3,36,39,40,41,42). The van der Waals surface area contributed by atoms with E-state index in [1.807, 2.05) is 0 Å². The van der Waals surface area contributed by atoms with Gasteiger partial charge in [0.05, 0.1) is 48.0 Å². The lowest BCUT2D eigenvalue weighted by Gasteiger charge is -2.28. The lowest BCUT2D eigenvalue weighted by Crippen LogP contribution is -2.34. The fourth-order valence-electron chi connectivity index (χ4n) is 5.54. The second-order valence-electron chi connectivity index (χ2n) is 10.9. The minimum Gasteiger partial charge on any atom is -0.495 e. The van der Waals surface area contributed by atoms with Crippen molar-refractivity contribution >= 4 is 34.4 Å². The monoisotopic (exact) mass is 643 g/mol. The molecule has 5 N–H and O–H groups in total. The maximum absolute atomic E-state index is 14.4. The van der Waals surface area contributed by atoms with Crippen LogP contribution in [0.2, 0.25) is 0 Å². The summed E-state index contributed by atoms with van der Waals surface area (Å²) in [6.45, 7) is 2.72. The molecule has 1 fully saturated rings. The number of nitrogen functional groups attached to an aromatic ring is 1. The van der Waals surface area contributed by atoms with E-state index in [1.54, 1.807) is 19.1 Å². The molecule has 5 rings (SSSR count). The van der Waals surface area contributed by atoms with Crippen molar-refractivity contribution in [3.8, 4) is 17.0 Å². The number of hydrogen-bond donors (Lipinski definition) is 4. The summed E-state index contributed by atoms with van der Waals surface area (Å²) in [5, 5.41) is 13.7. The number of aromatic nitrogens is 4. The summed E-state index contributed by atoms with van der Waals surface area (Å²) in [5.74, 6) is -1.31. The molecule has 1 saturated carbocycles. The number of esters is 1. The van der Waals surface area contributed by atoms with E-state index in [0.717, 1.165) is 31.7 Å². The number of carbonyl (C=O) groups excluding carboxylic acids is 2. The highest BCUT2D eigenvalue weighted by molar-refractivity contribution is 6.05. The molecule has 4 aromatic rings. The molecule has 0 aliphatic heterocycles. The van der Waals surface area contributed by atoms with Gasteiger partial charge in [-0.1, -0.05) is 6.07 Å². The molecule has 244 valence electrons. The van der Waals surface area contributed by atoms with Crippen LogP contribution in [0, 0.1) is 5.82 Å². The van der Waals surface area contributed by atoms with E-state index in [9.17, 15) is 27.2 Å². The van der Waals surface area contributed by atoms with Crippen molar-refractivity contribution in [1.82, 2.24) is 25.5 Å². The fourth-order valence-corrected chi connectivity index (χ4v) is 5.54. The Labute approximate surface area is 261 Å². The van der Waals surface area contributed by atoms with Crippen molar-refractivity contribution in [2.45, 2.75) is 57.2 Å². The average molecular weight is 644 g/mol. The van der Waals surface area contributed by atoms with Crippen LogP contribution in [0.15, 0.2) is 36.4 Å². The van der Waals surface area contributed by atoms with Crippen LogP contribution >= 0.6 is 0 Å². The number of rotatable bonds is 10. The van der Waals surface area contributed by atoms with Gasteiger partial charge in [-0.15, -0.1) is 0 Å². The number of H-pyrrole nitrogens is 1. The van der Waals surface area contributed by atoms with Crippen molar-refractivity contribution in [2.24, 2.45) is 0 Å². The minimum absolute atomic E-state index is 0.104. The third kappa shape index (κ3) is 7.19. The highest BCUT2D eigenvalue weighted by Crippen LogP contribution is 2.37. The van der Waals surface area contributed by atoms with E-state index in [-0.39, 0.29) is 35.2 Å². The summed E-state index contributed by atoms with van der Waals surface area (Å²) in [6.07, 6.45) is -0.922. The number of amides is 1. The van der Waals surface area contributed by atoms with Crippen molar-refractivity contribution in [3.63, 3.8) is 0 Å². The Morgan fingerprint density at radius 2 is 1.85 bits per heavy atom. The third-order valence-corrected chi connectivity index (χ3v) is 7.90. The molecule has 15 heteroatoms. The van der Waals surface area contributed by atoms with Crippen LogP contribution in [-0.4, -0.2) is 58.3 Å². The number of fused-ring (bicyclic) bond motifs is 1. The van der Waals surface area contributed by atoms with Crippen molar-refractivity contribution in [3.05, 3.63) is 59.2 Å². The van der Waals surface area contributed by atoms with Crippen LogP contribution in [-0.2, 0) is 15.7 Å². The Bertz CT molecular complexity index is 1740. The molecular formula is C31H33F4N7O4. The van der Waals surface area contributed by atoms with Crippen LogP contribution in [0.1, 0.15) is 66.7 Å². The van der Waals surface area contributed by atoms with Crippen molar-refractivity contribution < 1.29 is 36.6 Å². The molecule has 2 aromatic heterocycles. The zero-order valence-electron chi connectivity index (χ0n) is 25.1. The Balaban J connectivity index is 1.28. The Morgan fingerprint density at radius 1 is 1.09 bits per heavy atom. The predicted octanol–water partition coefficient (Wildman–Crippen LogP) is 5.59. The number of anilines is 2. The van der Waals surface area contributed by atoms with Crippen molar-refractivity contribution in [1.29, 1.82) is 0 Å². The third-order valence-electron chi connectivity index (χ3n) is 7.90. The molecule has 1 amide bonds. The molecule has 1 aliphatic carbocycles. The number of nitrogens with one attached hydrogen (secondary N) is 3. The number of nitrogens with two attached hydrogens (primary N) is 1. The van der Waals surface area contributed by atoms with Gasteiger partial charge in [-0.05, 0) is 62.9 Å². The highest BCUT2D eigenvalue weighted by atomic mass is 19.4. The lowest BCUT2D eigenvalue weighted by atomic mass is 9.85. The smallest absolute Gasteiger partial charge is 0.416 e. The Hall–Kier alpha value is -4.79. The first-order chi connectivity index (χ1) is 22.0. The fraction of sp³-hybridized carbons (Fsp3) is 0.387. The van der Waals surface area contributed by atoms with Gasteiger partial charge in [0.2, 0.25) is 0 Å². The first-order valence-corrected chi connectivity index (χ1v) is 14.8. The normalized spacial score (nSPS) is 16.7. The van der Waals surface area contributed by atoms with Crippen molar-refractivity contribution in [2.75, 3.05) is 31.3 Å². The molecule has 0 atom stereocenters. The van der Waals surface area contributed by atoms with Gasteiger partial charge in [0.1, 0.15) is 23.2 Å². The number of benzene rings is 2. The van der Waals surface area contributed by atoms with Gasteiger partial charge in [-0.3, -0.25) is 14.7 Å². The van der Waals surface area contributed by atoms with Crippen LogP contribution in [0.5, 0.6) is 5.75 Å². The minimum atomic E-state index is -4.74. The number of methoxy groups -OCH3 is 1. The maximum Gasteiger partial charge on any atom is 0.416 e. The summed E-state index contributed by atoms with van der Waals surface area (Å²) in [7, 11) is 1.37. The zero-order valence-corrected chi connectivity index (χ0v) is 25.1. The largest absolute Gasteiger partial charge is 0.495 e. The number of hydrogen-bond acceptors (Lipinski definition) is 9. The van der Waals surface area contributed by atoms with Gasteiger partial charge < -0.3 is 25.8 Å². The molecule has 0 saturated heterocycles. The van der Waals surface area contributed by atoms with Crippen LogP contribution in [0.4, 0.5) is 29.1 Å². The van der Waals surface area contributed by atoms with Gasteiger partial charge in [0, 0.05) is 24.1 Å². The van der Waals surface area contributed by atoms with Gasteiger partial charge in [0.25, 0.3) is 5.91 Å². The summed E-state index contributed by atoms with van der Waals surface area (Å²) >= 11 is 0. The second kappa shape index (κ2) is 13.7. The molecular weight excluding hydrogens is 610 g/mol. The van der Waals surface area contributed by atoms with E-state index < -0.39 is 29.0 Å². The number of halogens is 4. The molecule has 0 unspecified atom stereocenters. The average Bonchev–Trinajstić information content (AvgIpc) is 3.46. The molecule has 11 nitrogen and oxygen atoms in total. The van der Waals surface area contributed by atoms with E-state index in [2.05, 4.69) is 25.8 Å². The molecule has 0 spiro atoms. The quantitative estimate of drug-likeness (QED) is 0.128. The Morgan fingerprint density at radius 3 is 2.52 bits per heavy atom. The van der Waals surface area contributed by atoms with Crippen LogP contribution in [0.25, 0.3) is 22.3 Å². The maximum atomic E-state index is 14.4. The number of carbonyl (C=O) groups is 2. The summed E-state index contributed by atoms with van der Waals surface area (Å²) in [5.41, 5.74) is 6.30. The molecule has 2 aromatic carbocycles. The molecule has 0 bridgehead atoms. The summed E-state index contributed by atoms with van der Waals surface area (Å²) < 4.78 is 63.4. The molecule has 0 radical (unpaired) electrons. The van der Waals surface area contributed by atoms with E-state index in [4.69, 9.17) is 20.2 Å². The molecule has 1 aliphatic rings. The number of ether oxygens (including phenoxy) is 2. The molecule has 46 heavy (non-hydrogen) atoms. The lowest BCUT2D eigenvalue weighted by molar-refractivity contribution is -0.143. The van der Waals surface area contributed by atoms with Crippen LogP contribution < -0.4 is 21.1 Å². The van der Waals surface area contributed by atoms with Gasteiger partial charge in [-0.25, -0.2) is 14.4 Å². The van der Waals surface area contributed by atoms with Gasteiger partial charge in [-0.2, -0.15) is 18.3 Å². The first kappa shape index (κ1) is 32.6. The van der Waals surface area contributed by atoms with Gasteiger partial charge in [0.15, 0.2) is 5.65 Å². The van der Waals surface area contributed by atoms with E-state index in [0.29, 0.717) is 59.8 Å². The highest BCUT2D eigenvalue weighted by Gasteiger charge is 2.32. The summed E-state index contributed by atoms with van der Waals surface area (Å²) in [6, 6.07) is 6.71. The first-order valence-electron chi connectivity index (χ1n) is 14.8. The molecule has 2 heterocycles. The number of aromatic amines is 1. The number of alkyl halides is 3. The van der Waals surface area contributed by atoms with E-state index in [1.165, 1.54) is 13.2 Å². The Kier molecular flexibility index (Phi) is 9.70. The van der Waals surface area contributed by atoms with Gasteiger partial charge >= 0.3 is 12.1 Å². The topological polar surface area (TPSA) is 157 Å². The van der Waals surface area contributed by atoms with Crippen LogP contribution in [0.3, 0.4) is 0 Å². The zero-order chi connectivity index (χ0) is 33.0. The second-order valence-corrected chi connectivity index (χ2v) is 10.9. The number of nitrogens with zero attached hydrogens (tertiary/aromatic N) is 3. The predicted molar refractivity (Wildman–Crippen MR) is 162 cm³/mol. The SMILES string of the molecule is CCOC(=O)CCNC1CCC(c2nc(N)c3c(-c4ccc(NC(=O)c5ccc(C(F)(F)F)cc5F)c(OC)c4)[nH]nc3n2)CC1. The van der Waals surface area contributed by atoms with E-state index >= 15 is 0 Å². The summed E-state index contributed by atoms with van der Waals surface area (Å²) in [4.78, 5) is 33.6.